The van der Waals surface area contributed by atoms with E-state index in [0.29, 0.717) is 29.5 Å². The highest BCUT2D eigenvalue weighted by Gasteiger charge is 2.42. The minimum absolute atomic E-state index is 0.0520. The summed E-state index contributed by atoms with van der Waals surface area (Å²) in [4.78, 5) is 20.1. The number of hydrogen-bond donors (Lipinski definition) is 1. The third kappa shape index (κ3) is 4.61. The first-order chi connectivity index (χ1) is 15.2. The number of pyridine rings is 1. The fraction of sp³-hybridized carbons (Fsp3) is 0.364. The first-order valence-electron chi connectivity index (χ1n) is 10.3. The molecule has 2 aromatic heterocycles. The number of thiophene rings is 1. The summed E-state index contributed by atoms with van der Waals surface area (Å²) in [5, 5.41) is 0.868. The van der Waals surface area contributed by atoms with E-state index >= 15 is 0 Å². The summed E-state index contributed by atoms with van der Waals surface area (Å²) in [5.74, 6) is -0.254. The average Bonchev–Trinajstić information content (AvgIpc) is 3.16. The van der Waals surface area contributed by atoms with Gasteiger partial charge in [0.2, 0.25) is 15.9 Å². The molecule has 1 saturated heterocycles. The molecular weight excluding hydrogens is 468 g/mol. The van der Waals surface area contributed by atoms with Crippen molar-refractivity contribution in [2.45, 2.75) is 38.9 Å². The molecule has 1 fully saturated rings. The molecule has 0 aliphatic carbocycles. The molecule has 3 aromatic rings. The van der Waals surface area contributed by atoms with Crippen molar-refractivity contribution in [3.05, 3.63) is 57.4 Å². The number of carbonyl (C=O) groups excluding carboxylic acids is 1. The molecule has 0 spiro atoms. The maximum Gasteiger partial charge on any atom is 0.241 e. The van der Waals surface area contributed by atoms with Gasteiger partial charge in [0.25, 0.3) is 0 Å². The van der Waals surface area contributed by atoms with Gasteiger partial charge in [-0.1, -0.05) is 23.7 Å². The highest BCUT2D eigenvalue weighted by Crippen LogP contribution is 2.27. The number of aryl methyl sites for hydroxylation is 1. The minimum atomic E-state index is -3.61. The molecule has 2 atom stereocenters. The second-order valence-corrected chi connectivity index (χ2v) is 11.9. The van der Waals surface area contributed by atoms with E-state index in [9.17, 15) is 13.2 Å². The van der Waals surface area contributed by atoms with Crippen LogP contribution in [0.5, 0.6) is 0 Å². The standard InChI is InChI=1S/C22H25ClN4O3S2/c1-14-12-26(13-16-3-5-18-19(24)7-9-25-20(18)11-16)22(28)15(2)27(14)32(29,30)10-8-17-4-6-21(23)31-17/h3-7,9,11,14-15H,8,10,12-13H2,1-2H3,(H2,24,25)/t14-,15-/m0/s1. The van der Waals surface area contributed by atoms with Crippen LogP contribution < -0.4 is 5.73 Å². The number of nitrogen functional groups attached to an aromatic ring is 1. The Bertz CT molecular complexity index is 1260. The molecule has 1 aliphatic heterocycles. The Hall–Kier alpha value is -2.20. The molecule has 170 valence electrons. The van der Waals surface area contributed by atoms with Gasteiger partial charge in [-0.3, -0.25) is 9.78 Å². The highest BCUT2D eigenvalue weighted by molar-refractivity contribution is 7.89. The Kier molecular flexibility index (Phi) is 6.44. The monoisotopic (exact) mass is 492 g/mol. The lowest BCUT2D eigenvalue weighted by Gasteiger charge is -2.42. The third-order valence-corrected chi connectivity index (χ3v) is 9.07. The van der Waals surface area contributed by atoms with Gasteiger partial charge >= 0.3 is 0 Å². The smallest absolute Gasteiger partial charge is 0.241 e. The number of carbonyl (C=O) groups is 1. The molecule has 2 N–H and O–H groups in total. The number of nitrogens with zero attached hydrogens (tertiary/aromatic N) is 3. The lowest BCUT2D eigenvalue weighted by Crippen LogP contribution is -2.61. The first kappa shape index (κ1) is 23.0. The van der Waals surface area contributed by atoms with Gasteiger partial charge in [-0.25, -0.2) is 8.42 Å². The zero-order valence-corrected chi connectivity index (χ0v) is 20.3. The molecule has 1 aliphatic rings. The van der Waals surface area contributed by atoms with Crippen LogP contribution in [-0.4, -0.2) is 52.9 Å². The summed E-state index contributed by atoms with van der Waals surface area (Å²) < 4.78 is 28.2. The molecule has 1 amide bonds. The SMILES string of the molecule is C[C@H]1CN(Cc2ccc3c(N)ccnc3c2)C(=O)[C@H](C)N1S(=O)(=O)CCc1ccc(Cl)s1. The van der Waals surface area contributed by atoms with Crippen LogP contribution in [-0.2, 0) is 27.8 Å². The summed E-state index contributed by atoms with van der Waals surface area (Å²) >= 11 is 7.32. The van der Waals surface area contributed by atoms with Crippen molar-refractivity contribution >= 4 is 55.5 Å². The number of rotatable bonds is 6. The van der Waals surface area contributed by atoms with E-state index in [1.807, 2.05) is 31.2 Å². The number of nitrogens with two attached hydrogens (primary N) is 1. The van der Waals surface area contributed by atoms with Crippen LogP contribution in [0.15, 0.2) is 42.6 Å². The Labute approximate surface area is 196 Å². The Morgan fingerprint density at radius 3 is 2.72 bits per heavy atom. The number of aromatic nitrogens is 1. The van der Waals surface area contributed by atoms with E-state index in [1.54, 1.807) is 30.2 Å². The van der Waals surface area contributed by atoms with Gasteiger partial charge in [0.15, 0.2) is 0 Å². The quantitative estimate of drug-likeness (QED) is 0.567. The molecule has 32 heavy (non-hydrogen) atoms. The van der Waals surface area contributed by atoms with Crippen LogP contribution in [0.25, 0.3) is 10.9 Å². The highest BCUT2D eigenvalue weighted by atomic mass is 35.5. The van der Waals surface area contributed by atoms with Crippen LogP contribution >= 0.6 is 22.9 Å². The molecule has 4 rings (SSSR count). The molecular formula is C22H25ClN4O3S2. The molecule has 0 radical (unpaired) electrons. The van der Waals surface area contributed by atoms with Crippen molar-refractivity contribution in [1.82, 2.24) is 14.2 Å². The number of piperazine rings is 1. The molecule has 0 bridgehead atoms. The Morgan fingerprint density at radius 1 is 1.22 bits per heavy atom. The molecule has 0 saturated carbocycles. The molecule has 3 heterocycles. The number of anilines is 1. The lowest BCUT2D eigenvalue weighted by atomic mass is 10.1. The predicted molar refractivity (Wildman–Crippen MR) is 129 cm³/mol. The summed E-state index contributed by atoms with van der Waals surface area (Å²) in [7, 11) is -3.61. The van der Waals surface area contributed by atoms with Gasteiger partial charge in [-0.15, -0.1) is 11.3 Å². The largest absolute Gasteiger partial charge is 0.398 e. The molecule has 0 unspecified atom stereocenters. The van der Waals surface area contributed by atoms with Crippen molar-refractivity contribution in [3.8, 4) is 0 Å². The van der Waals surface area contributed by atoms with E-state index in [4.69, 9.17) is 17.3 Å². The number of hydrogen-bond acceptors (Lipinski definition) is 6. The predicted octanol–water partition coefficient (Wildman–Crippen LogP) is 3.53. The Morgan fingerprint density at radius 2 is 2.00 bits per heavy atom. The van der Waals surface area contributed by atoms with Crippen molar-refractivity contribution < 1.29 is 13.2 Å². The molecule has 7 nitrogen and oxygen atoms in total. The second-order valence-electron chi connectivity index (χ2n) is 8.10. The summed E-state index contributed by atoms with van der Waals surface area (Å²) in [6, 6.07) is 10.0. The van der Waals surface area contributed by atoms with E-state index in [1.165, 1.54) is 15.6 Å². The number of halogens is 1. The van der Waals surface area contributed by atoms with Gasteiger partial charge < -0.3 is 10.6 Å². The van der Waals surface area contributed by atoms with Gasteiger partial charge in [0, 0.05) is 41.3 Å². The number of sulfonamides is 1. The summed E-state index contributed by atoms with van der Waals surface area (Å²) in [6.07, 6.45) is 2.03. The van der Waals surface area contributed by atoms with Crippen molar-refractivity contribution in [2.24, 2.45) is 0 Å². The van der Waals surface area contributed by atoms with E-state index in [0.717, 1.165) is 21.3 Å². The summed E-state index contributed by atoms with van der Waals surface area (Å²) in [6.45, 7) is 4.22. The van der Waals surface area contributed by atoms with Gasteiger partial charge in [0.1, 0.15) is 6.04 Å². The lowest BCUT2D eigenvalue weighted by molar-refractivity contribution is -0.140. The fourth-order valence-electron chi connectivity index (χ4n) is 4.26. The maximum atomic E-state index is 13.1. The molecule has 10 heteroatoms. The summed E-state index contributed by atoms with van der Waals surface area (Å²) in [5.41, 5.74) is 8.35. The molecule has 1 aromatic carbocycles. The van der Waals surface area contributed by atoms with Crippen LogP contribution in [0.2, 0.25) is 4.34 Å². The zero-order valence-electron chi connectivity index (χ0n) is 17.9. The van der Waals surface area contributed by atoms with Gasteiger partial charge in [-0.05, 0) is 50.1 Å². The zero-order chi connectivity index (χ0) is 23.0. The van der Waals surface area contributed by atoms with E-state index < -0.39 is 16.1 Å². The fourth-order valence-corrected chi connectivity index (χ4v) is 7.35. The van der Waals surface area contributed by atoms with Gasteiger partial charge in [-0.2, -0.15) is 4.31 Å². The van der Waals surface area contributed by atoms with Crippen LogP contribution in [0.1, 0.15) is 24.3 Å². The normalized spacial score (nSPS) is 20.2. The van der Waals surface area contributed by atoms with E-state index in [2.05, 4.69) is 4.98 Å². The topological polar surface area (TPSA) is 96.6 Å². The van der Waals surface area contributed by atoms with Crippen LogP contribution in [0.4, 0.5) is 5.69 Å². The van der Waals surface area contributed by atoms with Crippen molar-refractivity contribution in [2.75, 3.05) is 18.0 Å². The first-order valence-corrected chi connectivity index (χ1v) is 13.1. The average molecular weight is 493 g/mol. The third-order valence-electron chi connectivity index (χ3n) is 5.74. The number of amides is 1. The number of fused-ring (bicyclic) bond motifs is 1. The van der Waals surface area contributed by atoms with Crippen LogP contribution in [0.3, 0.4) is 0 Å². The Balaban J connectivity index is 1.48. The van der Waals surface area contributed by atoms with Crippen LogP contribution in [0, 0.1) is 0 Å². The maximum absolute atomic E-state index is 13.1. The van der Waals surface area contributed by atoms with Crippen molar-refractivity contribution in [3.63, 3.8) is 0 Å². The van der Waals surface area contributed by atoms with Gasteiger partial charge in [0.05, 0.1) is 15.6 Å². The van der Waals surface area contributed by atoms with E-state index in [-0.39, 0.29) is 17.7 Å². The van der Waals surface area contributed by atoms with Crippen molar-refractivity contribution in [1.29, 1.82) is 0 Å². The minimum Gasteiger partial charge on any atom is -0.398 e. The number of benzene rings is 1. The second kappa shape index (κ2) is 8.97.